The molecule has 1 fully saturated rings. The monoisotopic (exact) mass is 484 g/mol. The van der Waals surface area contributed by atoms with Gasteiger partial charge in [0.15, 0.2) is 0 Å². The third-order valence-electron chi connectivity index (χ3n) is 6.61. The van der Waals surface area contributed by atoms with E-state index in [1.165, 1.54) is 6.07 Å². The topological polar surface area (TPSA) is 111 Å². The molecule has 4 atom stereocenters. The Morgan fingerprint density at radius 2 is 2.06 bits per heavy atom. The highest BCUT2D eigenvalue weighted by Gasteiger charge is 2.38. The van der Waals surface area contributed by atoms with Gasteiger partial charge in [-0.2, -0.15) is 5.16 Å². The molecule has 0 saturated carbocycles. The number of likely N-dealkylation sites (tertiary alicyclic amines) is 1. The van der Waals surface area contributed by atoms with Gasteiger partial charge in [0, 0.05) is 25.1 Å². The maximum absolute atomic E-state index is 13.2. The van der Waals surface area contributed by atoms with E-state index in [0.29, 0.717) is 25.3 Å². The number of amides is 1. The number of benzene rings is 1. The van der Waals surface area contributed by atoms with Gasteiger partial charge in [0.1, 0.15) is 5.76 Å². The number of H-pyrrole nitrogens is 1. The normalized spacial score (nSPS) is 20.5. The van der Waals surface area contributed by atoms with Crippen LogP contribution in [-0.4, -0.2) is 51.3 Å². The molecule has 1 amide bonds. The number of carbonyl (C=O) groups excluding carboxylic acids is 1. The molecule has 1 aromatic carbocycles. The molecule has 0 aliphatic carbocycles. The average molecular weight is 485 g/mol. The van der Waals surface area contributed by atoms with Crippen molar-refractivity contribution in [2.45, 2.75) is 58.2 Å². The Hall–Kier alpha value is -2.75. The van der Waals surface area contributed by atoms with E-state index in [1.54, 1.807) is 11.3 Å². The fourth-order valence-electron chi connectivity index (χ4n) is 4.61. The Labute approximate surface area is 203 Å². The Morgan fingerprint density at radius 1 is 1.32 bits per heavy atom. The van der Waals surface area contributed by atoms with E-state index in [0.717, 1.165) is 21.7 Å². The quantitative estimate of drug-likeness (QED) is 0.452. The fourth-order valence-corrected chi connectivity index (χ4v) is 5.42. The maximum Gasteiger partial charge on any atom is 0.280 e. The molecule has 2 aromatic heterocycles. The van der Waals surface area contributed by atoms with Gasteiger partial charge in [-0.25, -0.2) is 4.98 Å². The predicted molar refractivity (Wildman–Crippen MR) is 132 cm³/mol. The zero-order valence-corrected chi connectivity index (χ0v) is 20.8. The van der Waals surface area contributed by atoms with Crippen molar-refractivity contribution in [3.8, 4) is 10.4 Å². The third kappa shape index (κ3) is 5.32. The van der Waals surface area contributed by atoms with Gasteiger partial charge in [-0.05, 0) is 37.3 Å². The number of nitrogens with one attached hydrogen (secondary N) is 2. The summed E-state index contributed by atoms with van der Waals surface area (Å²) in [6.07, 6.45) is -0.191. The first-order valence-corrected chi connectivity index (χ1v) is 12.5. The summed E-state index contributed by atoms with van der Waals surface area (Å²) in [6.45, 7) is 9.00. The van der Waals surface area contributed by atoms with Crippen LogP contribution in [0, 0.1) is 12.8 Å². The van der Waals surface area contributed by atoms with Crippen molar-refractivity contribution in [2.75, 3.05) is 13.1 Å². The van der Waals surface area contributed by atoms with Crippen LogP contribution in [0.5, 0.6) is 0 Å². The summed E-state index contributed by atoms with van der Waals surface area (Å²) < 4.78 is 5.36. The molecular formula is C25H32N4O4S. The zero-order chi connectivity index (χ0) is 24.4. The van der Waals surface area contributed by atoms with Crippen LogP contribution in [0.4, 0.5) is 0 Å². The fraction of sp³-hybridized carbons (Fsp3) is 0.480. The molecule has 34 heavy (non-hydrogen) atoms. The lowest BCUT2D eigenvalue weighted by molar-refractivity contribution is -0.126. The molecule has 0 bridgehead atoms. The summed E-state index contributed by atoms with van der Waals surface area (Å²) in [5.41, 5.74) is 4.71. The Morgan fingerprint density at radius 3 is 2.65 bits per heavy atom. The number of aryl methyl sites for hydroxylation is 1. The molecule has 8 nitrogen and oxygen atoms in total. The van der Waals surface area contributed by atoms with Crippen molar-refractivity contribution in [1.29, 1.82) is 0 Å². The van der Waals surface area contributed by atoms with Gasteiger partial charge in [-0.3, -0.25) is 14.5 Å². The van der Waals surface area contributed by atoms with Crippen molar-refractivity contribution in [1.82, 2.24) is 20.4 Å². The van der Waals surface area contributed by atoms with Crippen molar-refractivity contribution < 1.29 is 14.4 Å². The van der Waals surface area contributed by atoms with Crippen molar-refractivity contribution in [3.05, 3.63) is 63.2 Å². The second-order valence-corrected chi connectivity index (χ2v) is 10.3. The number of carbonyl (C=O) groups is 1. The maximum atomic E-state index is 13.2. The summed E-state index contributed by atoms with van der Waals surface area (Å²) in [7, 11) is 0. The minimum absolute atomic E-state index is 0.0697. The lowest BCUT2D eigenvalue weighted by atomic mass is 9.92. The van der Waals surface area contributed by atoms with Crippen LogP contribution in [0.3, 0.4) is 0 Å². The summed E-state index contributed by atoms with van der Waals surface area (Å²) in [5.74, 6) is 0.592. The summed E-state index contributed by atoms with van der Waals surface area (Å²) in [4.78, 5) is 32.3. The van der Waals surface area contributed by atoms with E-state index in [-0.39, 0.29) is 29.3 Å². The van der Waals surface area contributed by atoms with Gasteiger partial charge in [0.2, 0.25) is 5.91 Å². The SMILES string of the molecule is Cc1ncsc1-c1ccc([C@H](C)NC(=O)[C@@H]2C[C@@H](O)CN2CC(c2cc(=O)[nH]o2)C(C)C)cc1. The zero-order valence-electron chi connectivity index (χ0n) is 19.9. The minimum Gasteiger partial charge on any atom is -0.392 e. The predicted octanol–water partition coefficient (Wildman–Crippen LogP) is 3.45. The number of aliphatic hydroxyl groups is 1. The van der Waals surface area contributed by atoms with Crippen LogP contribution in [-0.2, 0) is 4.79 Å². The molecular weight excluding hydrogens is 452 g/mol. The van der Waals surface area contributed by atoms with E-state index in [1.807, 2.05) is 36.4 Å². The highest BCUT2D eigenvalue weighted by molar-refractivity contribution is 7.13. The van der Waals surface area contributed by atoms with Crippen LogP contribution in [0.2, 0.25) is 0 Å². The Bertz CT molecular complexity index is 1170. The molecule has 0 spiro atoms. The first-order chi connectivity index (χ1) is 16.2. The third-order valence-corrected chi connectivity index (χ3v) is 7.58. The summed E-state index contributed by atoms with van der Waals surface area (Å²) >= 11 is 1.62. The number of nitrogens with zero attached hydrogens (tertiary/aromatic N) is 2. The second-order valence-electron chi connectivity index (χ2n) is 9.44. The first-order valence-electron chi connectivity index (χ1n) is 11.6. The Balaban J connectivity index is 1.43. The van der Waals surface area contributed by atoms with E-state index in [9.17, 15) is 14.7 Å². The lowest BCUT2D eigenvalue weighted by Crippen LogP contribution is -2.45. The van der Waals surface area contributed by atoms with Crippen molar-refractivity contribution >= 4 is 17.2 Å². The van der Waals surface area contributed by atoms with E-state index < -0.39 is 12.1 Å². The number of rotatable bonds is 8. The van der Waals surface area contributed by atoms with Crippen LogP contribution in [0.25, 0.3) is 10.4 Å². The van der Waals surface area contributed by atoms with E-state index in [2.05, 4.69) is 41.4 Å². The standard InChI is InChI=1S/C25H32N4O4S/c1-14(2)20(22-10-23(31)28-33-22)12-29-11-19(30)9-21(29)25(32)27-15(3)17-5-7-18(8-6-17)24-16(4)26-13-34-24/h5-8,10,13-15,19-21,30H,9,11-12H2,1-4H3,(H,27,32)(H,28,31)/t15-,19+,20?,21-/m0/s1. The van der Waals surface area contributed by atoms with Gasteiger partial charge in [0.25, 0.3) is 5.56 Å². The van der Waals surface area contributed by atoms with Gasteiger partial charge in [-0.15, -0.1) is 11.3 Å². The number of hydrogen-bond donors (Lipinski definition) is 3. The lowest BCUT2D eigenvalue weighted by Gasteiger charge is -2.29. The van der Waals surface area contributed by atoms with Gasteiger partial charge >= 0.3 is 0 Å². The van der Waals surface area contributed by atoms with Crippen LogP contribution < -0.4 is 10.9 Å². The summed E-state index contributed by atoms with van der Waals surface area (Å²) in [6, 6.07) is 9.03. The van der Waals surface area contributed by atoms with Crippen LogP contribution >= 0.6 is 11.3 Å². The summed E-state index contributed by atoms with van der Waals surface area (Å²) in [5, 5.41) is 15.8. The molecule has 9 heteroatoms. The van der Waals surface area contributed by atoms with Crippen molar-refractivity contribution in [2.24, 2.45) is 5.92 Å². The molecule has 1 unspecified atom stereocenters. The van der Waals surface area contributed by atoms with E-state index >= 15 is 0 Å². The number of aliphatic hydroxyl groups excluding tert-OH is 1. The molecule has 3 aromatic rings. The van der Waals surface area contributed by atoms with Crippen LogP contribution in [0.15, 0.2) is 45.2 Å². The second kappa shape index (κ2) is 10.2. The van der Waals surface area contributed by atoms with Gasteiger partial charge < -0.3 is 14.9 Å². The highest BCUT2D eigenvalue weighted by Crippen LogP contribution is 2.30. The molecule has 1 saturated heterocycles. The van der Waals surface area contributed by atoms with Crippen LogP contribution in [0.1, 0.15) is 56.2 Å². The smallest absolute Gasteiger partial charge is 0.280 e. The molecule has 4 rings (SSSR count). The van der Waals surface area contributed by atoms with Gasteiger partial charge in [-0.1, -0.05) is 38.1 Å². The van der Waals surface area contributed by atoms with Crippen molar-refractivity contribution in [3.63, 3.8) is 0 Å². The highest BCUT2D eigenvalue weighted by atomic mass is 32.1. The molecule has 3 N–H and O–H groups in total. The number of β-amino-alcohol motifs (C(OH)–C–C–N with tert-alkyl or cyclic N) is 1. The van der Waals surface area contributed by atoms with E-state index in [4.69, 9.17) is 4.52 Å². The number of aromatic nitrogens is 2. The Kier molecular flexibility index (Phi) is 7.35. The largest absolute Gasteiger partial charge is 0.392 e. The molecule has 3 heterocycles. The molecule has 0 radical (unpaired) electrons. The average Bonchev–Trinajstić information content (AvgIpc) is 3.51. The molecule has 1 aliphatic heterocycles. The van der Waals surface area contributed by atoms with Gasteiger partial charge in [0.05, 0.1) is 34.3 Å². The number of hydrogen-bond acceptors (Lipinski definition) is 7. The molecule has 1 aliphatic rings. The number of thiazole rings is 1. The minimum atomic E-state index is -0.570. The molecule has 182 valence electrons. The first kappa shape index (κ1) is 24.4. The number of aromatic amines is 1.